The number of benzene rings is 1. The van der Waals surface area contributed by atoms with E-state index in [1.807, 2.05) is 24.3 Å². The number of carbonyl (C=O) groups excluding carboxylic acids is 1. The lowest BCUT2D eigenvalue weighted by Gasteiger charge is -2.12. The highest BCUT2D eigenvalue weighted by molar-refractivity contribution is 5.93. The van der Waals surface area contributed by atoms with Crippen molar-refractivity contribution in [1.29, 1.82) is 0 Å². The van der Waals surface area contributed by atoms with Crippen LogP contribution in [0.5, 0.6) is 5.75 Å². The van der Waals surface area contributed by atoms with E-state index in [1.54, 1.807) is 0 Å². The fourth-order valence-corrected chi connectivity index (χ4v) is 2.05. The Morgan fingerprint density at radius 3 is 2.95 bits per heavy atom. The number of anilines is 1. The van der Waals surface area contributed by atoms with Crippen molar-refractivity contribution in [2.24, 2.45) is 11.8 Å². The van der Waals surface area contributed by atoms with Crippen molar-refractivity contribution in [3.05, 3.63) is 24.3 Å². The second kappa shape index (κ2) is 8.12. The van der Waals surface area contributed by atoms with Crippen LogP contribution in [0.25, 0.3) is 0 Å². The van der Waals surface area contributed by atoms with E-state index in [-0.39, 0.29) is 24.2 Å². The first kappa shape index (κ1) is 16.8. The highest BCUT2D eigenvalue weighted by atomic mass is 35.5. The summed E-state index contributed by atoms with van der Waals surface area (Å²) in [5.74, 6) is 1.46. The number of amides is 1. The molecule has 2 rings (SSSR count). The third-order valence-electron chi connectivity index (χ3n) is 3.12. The van der Waals surface area contributed by atoms with Gasteiger partial charge in [0, 0.05) is 18.3 Å². The number of ether oxygens (including phenoxy) is 1. The van der Waals surface area contributed by atoms with Gasteiger partial charge in [-0.15, -0.1) is 12.4 Å². The Hall–Kier alpha value is -1.26. The molecule has 1 aliphatic heterocycles. The summed E-state index contributed by atoms with van der Waals surface area (Å²) >= 11 is 0. The van der Waals surface area contributed by atoms with Gasteiger partial charge in [-0.2, -0.15) is 0 Å². The molecule has 0 spiro atoms. The second-order valence-corrected chi connectivity index (χ2v) is 5.41. The van der Waals surface area contributed by atoms with Gasteiger partial charge in [0.05, 0.1) is 12.5 Å². The average Bonchev–Trinajstić information content (AvgIpc) is 2.91. The number of hydrogen-bond acceptors (Lipinski definition) is 3. The largest absolute Gasteiger partial charge is 0.493 e. The van der Waals surface area contributed by atoms with Crippen LogP contribution in [-0.2, 0) is 4.79 Å². The van der Waals surface area contributed by atoms with Gasteiger partial charge in [0.15, 0.2) is 0 Å². The molecular weight excluding hydrogens is 276 g/mol. The zero-order chi connectivity index (χ0) is 13.7. The van der Waals surface area contributed by atoms with Gasteiger partial charge in [-0.05, 0) is 31.0 Å². The maximum atomic E-state index is 12.0. The SMILES string of the molecule is CC(C)COc1cccc(NC(=O)C2CCNC2)c1.Cl. The molecule has 5 heteroatoms. The van der Waals surface area contributed by atoms with E-state index in [0.29, 0.717) is 12.5 Å². The predicted octanol–water partition coefficient (Wildman–Crippen LogP) is 2.69. The van der Waals surface area contributed by atoms with E-state index >= 15 is 0 Å². The Balaban J connectivity index is 0.00000200. The molecule has 1 saturated heterocycles. The van der Waals surface area contributed by atoms with Crippen LogP contribution < -0.4 is 15.4 Å². The molecule has 20 heavy (non-hydrogen) atoms. The molecule has 1 unspecified atom stereocenters. The van der Waals surface area contributed by atoms with E-state index < -0.39 is 0 Å². The van der Waals surface area contributed by atoms with Gasteiger partial charge in [-0.1, -0.05) is 19.9 Å². The van der Waals surface area contributed by atoms with Crippen molar-refractivity contribution in [3.63, 3.8) is 0 Å². The number of nitrogens with one attached hydrogen (secondary N) is 2. The minimum absolute atomic E-state index is 0. The summed E-state index contributed by atoms with van der Waals surface area (Å²) in [4.78, 5) is 12.0. The fraction of sp³-hybridized carbons (Fsp3) is 0.533. The maximum absolute atomic E-state index is 12.0. The molecule has 0 aromatic heterocycles. The van der Waals surface area contributed by atoms with Crippen molar-refractivity contribution in [2.45, 2.75) is 20.3 Å². The molecule has 1 amide bonds. The maximum Gasteiger partial charge on any atom is 0.228 e. The highest BCUT2D eigenvalue weighted by Crippen LogP contribution is 2.19. The van der Waals surface area contributed by atoms with E-state index in [0.717, 1.165) is 30.9 Å². The van der Waals surface area contributed by atoms with Crippen LogP contribution in [0.15, 0.2) is 24.3 Å². The lowest BCUT2D eigenvalue weighted by Crippen LogP contribution is -2.24. The third-order valence-corrected chi connectivity index (χ3v) is 3.12. The first-order chi connectivity index (χ1) is 9.15. The van der Waals surface area contributed by atoms with Crippen molar-refractivity contribution < 1.29 is 9.53 Å². The Morgan fingerprint density at radius 2 is 2.30 bits per heavy atom. The number of halogens is 1. The van der Waals surface area contributed by atoms with E-state index in [1.165, 1.54) is 0 Å². The van der Waals surface area contributed by atoms with E-state index in [9.17, 15) is 4.79 Å². The summed E-state index contributed by atoms with van der Waals surface area (Å²) in [6, 6.07) is 7.58. The topological polar surface area (TPSA) is 50.4 Å². The molecule has 4 nitrogen and oxygen atoms in total. The zero-order valence-corrected chi connectivity index (χ0v) is 12.8. The second-order valence-electron chi connectivity index (χ2n) is 5.41. The van der Waals surface area contributed by atoms with Crippen LogP contribution >= 0.6 is 12.4 Å². The van der Waals surface area contributed by atoms with Gasteiger partial charge in [0.25, 0.3) is 0 Å². The van der Waals surface area contributed by atoms with E-state index in [2.05, 4.69) is 24.5 Å². The molecule has 1 aromatic carbocycles. The quantitative estimate of drug-likeness (QED) is 0.879. The summed E-state index contributed by atoms with van der Waals surface area (Å²) in [6.07, 6.45) is 0.912. The van der Waals surface area contributed by atoms with Crippen LogP contribution in [0.3, 0.4) is 0 Å². The zero-order valence-electron chi connectivity index (χ0n) is 12.0. The van der Waals surface area contributed by atoms with Gasteiger partial charge in [-0.25, -0.2) is 0 Å². The summed E-state index contributed by atoms with van der Waals surface area (Å²) in [5.41, 5.74) is 0.804. The smallest absolute Gasteiger partial charge is 0.228 e. The molecule has 1 aromatic rings. The van der Waals surface area contributed by atoms with Crippen LogP contribution in [0.2, 0.25) is 0 Å². The normalized spacial score (nSPS) is 17.6. The minimum atomic E-state index is 0. The number of hydrogen-bond donors (Lipinski definition) is 2. The van der Waals surface area contributed by atoms with Gasteiger partial charge in [0.1, 0.15) is 5.75 Å². The lowest BCUT2D eigenvalue weighted by atomic mass is 10.1. The van der Waals surface area contributed by atoms with Gasteiger partial charge in [-0.3, -0.25) is 4.79 Å². The van der Waals surface area contributed by atoms with Crippen molar-refractivity contribution in [1.82, 2.24) is 5.32 Å². The first-order valence-corrected chi connectivity index (χ1v) is 6.89. The van der Waals surface area contributed by atoms with Crippen LogP contribution in [0.4, 0.5) is 5.69 Å². The van der Waals surface area contributed by atoms with Gasteiger partial charge < -0.3 is 15.4 Å². The molecular formula is C15H23ClN2O2. The summed E-state index contributed by atoms with van der Waals surface area (Å²) in [6.45, 7) is 6.60. The average molecular weight is 299 g/mol. The Labute approximate surface area is 126 Å². The first-order valence-electron chi connectivity index (χ1n) is 6.89. The highest BCUT2D eigenvalue weighted by Gasteiger charge is 2.22. The molecule has 1 heterocycles. The Morgan fingerprint density at radius 1 is 1.50 bits per heavy atom. The third kappa shape index (κ3) is 5.02. The summed E-state index contributed by atoms with van der Waals surface area (Å²) < 4.78 is 5.65. The van der Waals surface area contributed by atoms with Gasteiger partial charge in [0.2, 0.25) is 5.91 Å². The molecule has 1 atom stereocenters. The standard InChI is InChI=1S/C15H22N2O2.ClH/c1-11(2)10-19-14-5-3-4-13(8-14)17-15(18)12-6-7-16-9-12;/h3-5,8,11-12,16H,6-7,9-10H2,1-2H3,(H,17,18);1H. The van der Waals surface area contributed by atoms with Crippen LogP contribution in [-0.4, -0.2) is 25.6 Å². The molecule has 112 valence electrons. The fourth-order valence-electron chi connectivity index (χ4n) is 2.05. The molecule has 1 aliphatic rings. The number of carbonyl (C=O) groups is 1. The minimum Gasteiger partial charge on any atom is -0.493 e. The summed E-state index contributed by atoms with van der Waals surface area (Å²) in [7, 11) is 0. The number of rotatable bonds is 5. The van der Waals surface area contributed by atoms with Crippen molar-refractivity contribution in [2.75, 3.05) is 25.0 Å². The molecule has 2 N–H and O–H groups in total. The monoisotopic (exact) mass is 298 g/mol. The molecule has 0 bridgehead atoms. The van der Waals surface area contributed by atoms with Crippen LogP contribution in [0, 0.1) is 11.8 Å². The molecule has 0 radical (unpaired) electrons. The lowest BCUT2D eigenvalue weighted by molar-refractivity contribution is -0.119. The Bertz CT molecular complexity index is 432. The summed E-state index contributed by atoms with van der Waals surface area (Å²) in [5, 5.41) is 6.15. The molecule has 1 fully saturated rings. The van der Waals surface area contributed by atoms with Crippen LogP contribution in [0.1, 0.15) is 20.3 Å². The molecule has 0 saturated carbocycles. The van der Waals surface area contributed by atoms with Crippen molar-refractivity contribution >= 4 is 24.0 Å². The van der Waals surface area contributed by atoms with Gasteiger partial charge >= 0.3 is 0 Å². The molecule has 0 aliphatic carbocycles. The van der Waals surface area contributed by atoms with E-state index in [4.69, 9.17) is 4.74 Å². The Kier molecular flexibility index (Phi) is 6.82. The van der Waals surface area contributed by atoms with Crippen molar-refractivity contribution in [3.8, 4) is 5.75 Å². The predicted molar refractivity (Wildman–Crippen MR) is 83.6 cm³/mol.